The van der Waals surface area contributed by atoms with E-state index in [1.807, 2.05) is 7.05 Å². The van der Waals surface area contributed by atoms with Gasteiger partial charge in [0, 0.05) is 16.8 Å². The van der Waals surface area contributed by atoms with Crippen LogP contribution in [0.4, 0.5) is 0 Å². The van der Waals surface area contributed by atoms with E-state index in [0.29, 0.717) is 5.92 Å². The van der Waals surface area contributed by atoms with Gasteiger partial charge in [0.1, 0.15) is 9.84 Å². The number of hydrogen-bond acceptors (Lipinski definition) is 3. The maximum atomic E-state index is 11.9. The second kappa shape index (κ2) is 6.80. The summed E-state index contributed by atoms with van der Waals surface area (Å²) in [6.45, 7) is 2.08. The highest BCUT2D eigenvalue weighted by atomic mass is 79.9. The molecule has 1 fully saturated rings. The molecule has 0 radical (unpaired) electrons. The summed E-state index contributed by atoms with van der Waals surface area (Å²) >= 11 is 3.68. The standard InChI is InChI=1S/C16H24BrNO2S/c1-11-6-4-9-14(15(11)17)16(18-2)12-7-5-8-13(10-12)21(3,19)20/h4,6,9,12-13,16,18H,5,7-8,10H2,1-3H3. The van der Waals surface area contributed by atoms with Gasteiger partial charge in [0.05, 0.1) is 5.25 Å². The van der Waals surface area contributed by atoms with Crippen molar-refractivity contribution in [3.8, 4) is 0 Å². The van der Waals surface area contributed by atoms with Crippen molar-refractivity contribution in [2.24, 2.45) is 5.92 Å². The smallest absolute Gasteiger partial charge is 0.150 e. The van der Waals surface area contributed by atoms with Crippen LogP contribution in [-0.2, 0) is 9.84 Å². The van der Waals surface area contributed by atoms with E-state index >= 15 is 0 Å². The van der Waals surface area contributed by atoms with E-state index in [2.05, 4.69) is 46.4 Å². The summed E-state index contributed by atoms with van der Waals surface area (Å²) in [5.74, 6) is 0.363. The number of nitrogens with one attached hydrogen (secondary N) is 1. The van der Waals surface area contributed by atoms with E-state index < -0.39 is 9.84 Å². The first-order valence-electron chi connectivity index (χ1n) is 7.45. The molecule has 1 aromatic carbocycles. The van der Waals surface area contributed by atoms with E-state index in [-0.39, 0.29) is 11.3 Å². The van der Waals surface area contributed by atoms with Crippen molar-refractivity contribution in [3.05, 3.63) is 33.8 Å². The van der Waals surface area contributed by atoms with Gasteiger partial charge < -0.3 is 5.32 Å². The Bertz CT molecular complexity index is 600. The fourth-order valence-corrected chi connectivity index (χ4v) is 5.13. The van der Waals surface area contributed by atoms with Gasteiger partial charge in [-0.15, -0.1) is 0 Å². The molecular formula is C16H24BrNO2S. The first kappa shape index (κ1) is 17.0. The Morgan fingerprint density at radius 2 is 2.05 bits per heavy atom. The Kier molecular flexibility index (Phi) is 5.49. The Morgan fingerprint density at radius 3 is 2.67 bits per heavy atom. The van der Waals surface area contributed by atoms with Gasteiger partial charge in [0.25, 0.3) is 0 Å². The van der Waals surface area contributed by atoms with Crippen molar-refractivity contribution in [1.29, 1.82) is 0 Å². The predicted molar refractivity (Wildman–Crippen MR) is 91.3 cm³/mol. The molecule has 21 heavy (non-hydrogen) atoms. The monoisotopic (exact) mass is 373 g/mol. The highest BCUT2D eigenvalue weighted by molar-refractivity contribution is 9.10. The van der Waals surface area contributed by atoms with Gasteiger partial charge in [-0.3, -0.25) is 0 Å². The maximum Gasteiger partial charge on any atom is 0.150 e. The molecule has 1 saturated carbocycles. The molecule has 0 amide bonds. The molecule has 0 bridgehead atoms. The number of benzene rings is 1. The van der Waals surface area contributed by atoms with E-state index in [4.69, 9.17) is 0 Å². The number of rotatable bonds is 4. The van der Waals surface area contributed by atoms with Crippen LogP contribution in [-0.4, -0.2) is 27.0 Å². The summed E-state index contributed by atoms with van der Waals surface area (Å²) in [5.41, 5.74) is 2.44. The van der Waals surface area contributed by atoms with Gasteiger partial charge in [0.15, 0.2) is 0 Å². The molecule has 3 atom stereocenters. The second-order valence-electron chi connectivity index (χ2n) is 6.12. The molecule has 1 aliphatic rings. The van der Waals surface area contributed by atoms with Crippen LogP contribution in [0.3, 0.4) is 0 Å². The van der Waals surface area contributed by atoms with Gasteiger partial charge in [-0.05, 0) is 50.3 Å². The van der Waals surface area contributed by atoms with Crippen LogP contribution in [0.5, 0.6) is 0 Å². The minimum Gasteiger partial charge on any atom is -0.313 e. The van der Waals surface area contributed by atoms with Crippen molar-refractivity contribution in [1.82, 2.24) is 5.32 Å². The quantitative estimate of drug-likeness (QED) is 0.876. The Hall–Kier alpha value is -0.390. The lowest BCUT2D eigenvalue weighted by Gasteiger charge is -2.34. The predicted octanol–water partition coefficient (Wildman–Crippen LogP) is 3.62. The zero-order valence-corrected chi connectivity index (χ0v) is 15.3. The Balaban J connectivity index is 2.27. The topological polar surface area (TPSA) is 46.2 Å². The lowest BCUT2D eigenvalue weighted by atomic mass is 9.80. The molecule has 0 spiro atoms. The first-order chi connectivity index (χ1) is 9.84. The number of aryl methyl sites for hydroxylation is 1. The number of halogens is 1. The van der Waals surface area contributed by atoms with Gasteiger partial charge >= 0.3 is 0 Å². The third-order valence-corrected chi connectivity index (χ3v) is 7.33. The van der Waals surface area contributed by atoms with E-state index in [0.717, 1.165) is 30.2 Å². The third kappa shape index (κ3) is 3.88. The summed E-state index contributed by atoms with van der Waals surface area (Å²) in [7, 11) is -0.979. The van der Waals surface area contributed by atoms with Crippen molar-refractivity contribution < 1.29 is 8.42 Å². The van der Waals surface area contributed by atoms with Crippen LogP contribution < -0.4 is 5.32 Å². The fraction of sp³-hybridized carbons (Fsp3) is 0.625. The van der Waals surface area contributed by atoms with Crippen molar-refractivity contribution in [3.63, 3.8) is 0 Å². The Morgan fingerprint density at radius 1 is 1.33 bits per heavy atom. The van der Waals surface area contributed by atoms with Crippen LogP contribution in [0, 0.1) is 12.8 Å². The fourth-order valence-electron chi connectivity index (χ4n) is 3.43. The van der Waals surface area contributed by atoms with E-state index in [1.165, 1.54) is 17.4 Å². The molecule has 1 N–H and O–H groups in total. The van der Waals surface area contributed by atoms with Crippen LogP contribution in [0.2, 0.25) is 0 Å². The molecule has 0 heterocycles. The van der Waals surface area contributed by atoms with Gasteiger partial charge in [-0.2, -0.15) is 0 Å². The van der Waals surface area contributed by atoms with E-state index in [9.17, 15) is 8.42 Å². The van der Waals surface area contributed by atoms with E-state index in [1.54, 1.807) is 0 Å². The average molecular weight is 374 g/mol. The summed E-state index contributed by atoms with van der Waals surface area (Å²) in [4.78, 5) is 0. The SMILES string of the molecule is CNC(c1cccc(C)c1Br)C1CCCC(S(C)(=O)=O)C1. The highest BCUT2D eigenvalue weighted by Crippen LogP contribution is 2.39. The minimum atomic E-state index is -2.94. The zero-order valence-electron chi connectivity index (χ0n) is 12.9. The molecule has 3 nitrogen and oxygen atoms in total. The van der Waals surface area contributed by atoms with Crippen LogP contribution >= 0.6 is 15.9 Å². The summed E-state index contributed by atoms with van der Waals surface area (Å²) < 4.78 is 24.9. The first-order valence-corrected chi connectivity index (χ1v) is 10.2. The molecular weight excluding hydrogens is 350 g/mol. The lowest BCUT2D eigenvalue weighted by Crippen LogP contribution is -2.34. The molecule has 0 aromatic heterocycles. The van der Waals surface area contributed by atoms with Crippen molar-refractivity contribution in [2.45, 2.75) is 43.9 Å². The van der Waals surface area contributed by atoms with Crippen molar-refractivity contribution >= 4 is 25.8 Å². The molecule has 1 aromatic rings. The van der Waals surface area contributed by atoms with Gasteiger partial charge in [0.2, 0.25) is 0 Å². The molecule has 0 aliphatic heterocycles. The van der Waals surface area contributed by atoms with Crippen molar-refractivity contribution in [2.75, 3.05) is 13.3 Å². The third-order valence-electron chi connectivity index (χ3n) is 4.61. The minimum absolute atomic E-state index is 0.185. The normalized spacial score (nSPS) is 24.8. The van der Waals surface area contributed by atoms with Crippen LogP contribution in [0.1, 0.15) is 42.9 Å². The molecule has 1 aliphatic carbocycles. The van der Waals surface area contributed by atoms with Crippen LogP contribution in [0.25, 0.3) is 0 Å². The van der Waals surface area contributed by atoms with Gasteiger partial charge in [-0.25, -0.2) is 8.42 Å². The summed E-state index contributed by atoms with van der Waals surface area (Å²) in [5, 5.41) is 3.22. The zero-order chi connectivity index (χ0) is 15.6. The second-order valence-corrected chi connectivity index (χ2v) is 9.24. The number of sulfone groups is 1. The lowest BCUT2D eigenvalue weighted by molar-refractivity contribution is 0.282. The number of hydrogen-bond donors (Lipinski definition) is 1. The molecule has 5 heteroatoms. The molecule has 2 rings (SSSR count). The summed E-state index contributed by atoms with van der Waals surface area (Å²) in [6.07, 6.45) is 5.00. The maximum absolute atomic E-state index is 11.9. The largest absolute Gasteiger partial charge is 0.313 e. The Labute approximate surface area is 136 Å². The average Bonchev–Trinajstić information content (AvgIpc) is 2.44. The molecule has 3 unspecified atom stereocenters. The summed E-state index contributed by atoms with van der Waals surface area (Å²) in [6, 6.07) is 6.48. The molecule has 118 valence electrons. The molecule has 0 saturated heterocycles. The van der Waals surface area contributed by atoms with Gasteiger partial charge in [-0.1, -0.05) is 40.5 Å². The highest BCUT2D eigenvalue weighted by Gasteiger charge is 2.33. The van der Waals surface area contributed by atoms with Crippen LogP contribution in [0.15, 0.2) is 22.7 Å².